The number of sulfonamides is 1. The maximum Gasteiger partial charge on any atom is 0.264 e. The Morgan fingerprint density at radius 2 is 1.73 bits per heavy atom. The first-order valence-corrected chi connectivity index (χ1v) is 12.0. The maximum atomic E-state index is 13.2. The van der Waals surface area contributed by atoms with Crippen molar-refractivity contribution in [2.45, 2.75) is 24.2 Å². The molecule has 1 heterocycles. The normalized spacial score (nSPS) is 15.7. The highest BCUT2D eigenvalue weighted by molar-refractivity contribution is 7.92. The van der Waals surface area contributed by atoms with E-state index in [2.05, 4.69) is 17.3 Å². The number of carbonyl (C=O) groups excluding carboxylic acids is 1. The first kappa shape index (κ1) is 22.6. The molecule has 0 atom stereocenters. The lowest BCUT2D eigenvalue weighted by molar-refractivity contribution is -0.119. The lowest BCUT2D eigenvalue weighted by Gasteiger charge is -2.29. The van der Waals surface area contributed by atoms with Gasteiger partial charge in [0.25, 0.3) is 10.0 Å². The van der Waals surface area contributed by atoms with Crippen LogP contribution < -0.4 is 9.62 Å². The van der Waals surface area contributed by atoms with Crippen LogP contribution in [-0.4, -0.2) is 52.5 Å². The lowest BCUT2D eigenvalue weighted by atomic mass is 9.94. The molecule has 0 bridgehead atoms. The first-order valence-electron chi connectivity index (χ1n) is 10.1. The number of amides is 1. The van der Waals surface area contributed by atoms with Gasteiger partial charge in [-0.15, -0.1) is 0 Å². The molecule has 0 radical (unpaired) electrons. The molecular weight excluding hydrogens is 422 g/mol. The highest BCUT2D eigenvalue weighted by atomic mass is 35.5. The summed E-state index contributed by atoms with van der Waals surface area (Å²) in [5.41, 5.74) is 0.443. The van der Waals surface area contributed by atoms with Crippen molar-refractivity contribution in [1.29, 1.82) is 0 Å². The molecule has 2 aromatic rings. The van der Waals surface area contributed by atoms with Crippen molar-refractivity contribution in [3.63, 3.8) is 0 Å². The van der Waals surface area contributed by atoms with E-state index in [1.165, 1.54) is 24.3 Å². The predicted molar refractivity (Wildman–Crippen MR) is 120 cm³/mol. The number of benzene rings is 2. The van der Waals surface area contributed by atoms with Crippen LogP contribution in [0.5, 0.6) is 0 Å². The van der Waals surface area contributed by atoms with Crippen LogP contribution in [-0.2, 0) is 14.8 Å². The van der Waals surface area contributed by atoms with Crippen LogP contribution in [0.4, 0.5) is 5.69 Å². The summed E-state index contributed by atoms with van der Waals surface area (Å²) in [5, 5.41) is 3.35. The molecule has 0 aromatic heterocycles. The van der Waals surface area contributed by atoms with Gasteiger partial charge in [-0.25, -0.2) is 8.42 Å². The monoisotopic (exact) mass is 449 g/mol. The van der Waals surface area contributed by atoms with E-state index >= 15 is 0 Å². The predicted octanol–water partition coefficient (Wildman–Crippen LogP) is 3.38. The number of hydrogen-bond acceptors (Lipinski definition) is 4. The van der Waals surface area contributed by atoms with Crippen molar-refractivity contribution < 1.29 is 13.2 Å². The Kier molecular flexibility index (Phi) is 7.75. The van der Waals surface area contributed by atoms with Crippen molar-refractivity contribution in [3.8, 4) is 0 Å². The number of piperidine rings is 1. The molecule has 1 saturated heterocycles. The lowest BCUT2D eigenvalue weighted by Crippen LogP contribution is -2.41. The van der Waals surface area contributed by atoms with E-state index in [1.54, 1.807) is 30.3 Å². The zero-order valence-corrected chi connectivity index (χ0v) is 18.7. The second-order valence-electron chi connectivity index (χ2n) is 7.69. The van der Waals surface area contributed by atoms with E-state index in [-0.39, 0.29) is 17.3 Å². The van der Waals surface area contributed by atoms with Gasteiger partial charge in [0.1, 0.15) is 6.54 Å². The number of nitrogens with one attached hydrogen (secondary N) is 1. The van der Waals surface area contributed by atoms with Gasteiger partial charge in [0.05, 0.1) is 10.6 Å². The molecule has 0 spiro atoms. The van der Waals surface area contributed by atoms with Gasteiger partial charge < -0.3 is 10.2 Å². The molecule has 1 amide bonds. The molecule has 1 aliphatic rings. The number of anilines is 1. The van der Waals surface area contributed by atoms with E-state index < -0.39 is 10.0 Å². The molecule has 162 valence electrons. The second-order valence-corrected chi connectivity index (χ2v) is 9.99. The SMILES string of the molecule is CN1CCC(CCNC(=O)CN(c2ccccc2)S(=O)(=O)c2ccc(Cl)cc2)CC1. The summed E-state index contributed by atoms with van der Waals surface area (Å²) in [6, 6.07) is 14.6. The fourth-order valence-electron chi connectivity index (χ4n) is 3.60. The Balaban J connectivity index is 1.67. The molecule has 3 rings (SSSR count). The van der Waals surface area contributed by atoms with Crippen molar-refractivity contribution >= 4 is 33.2 Å². The van der Waals surface area contributed by atoms with Gasteiger partial charge in [0.2, 0.25) is 5.91 Å². The topological polar surface area (TPSA) is 69.7 Å². The van der Waals surface area contributed by atoms with Gasteiger partial charge in [-0.3, -0.25) is 9.10 Å². The zero-order chi connectivity index (χ0) is 21.6. The van der Waals surface area contributed by atoms with Gasteiger partial charge in [-0.1, -0.05) is 29.8 Å². The number of likely N-dealkylation sites (tertiary alicyclic amines) is 1. The Hall–Kier alpha value is -2.09. The number of halogens is 1. The van der Waals surface area contributed by atoms with Gasteiger partial charge in [-0.05, 0) is 81.7 Å². The van der Waals surface area contributed by atoms with Crippen LogP contribution >= 0.6 is 11.6 Å². The third kappa shape index (κ3) is 5.97. The molecule has 0 unspecified atom stereocenters. The Morgan fingerprint density at radius 1 is 1.10 bits per heavy atom. The van der Waals surface area contributed by atoms with Crippen molar-refractivity contribution in [3.05, 3.63) is 59.6 Å². The van der Waals surface area contributed by atoms with Crippen molar-refractivity contribution in [1.82, 2.24) is 10.2 Å². The molecule has 6 nitrogen and oxygen atoms in total. The number of rotatable bonds is 8. The molecule has 30 heavy (non-hydrogen) atoms. The fourth-order valence-corrected chi connectivity index (χ4v) is 5.14. The van der Waals surface area contributed by atoms with Gasteiger partial charge in [0.15, 0.2) is 0 Å². The number of hydrogen-bond donors (Lipinski definition) is 1. The standard InChI is InChI=1S/C22H28ClN3O3S/c1-25-15-12-18(13-16-25)11-14-24-22(27)17-26(20-5-3-2-4-6-20)30(28,29)21-9-7-19(23)8-10-21/h2-10,18H,11-17H2,1H3,(H,24,27). The minimum Gasteiger partial charge on any atom is -0.355 e. The largest absolute Gasteiger partial charge is 0.355 e. The summed E-state index contributed by atoms with van der Waals surface area (Å²) in [4.78, 5) is 15.0. The van der Waals surface area contributed by atoms with Crippen LogP contribution in [0.3, 0.4) is 0 Å². The van der Waals surface area contributed by atoms with Gasteiger partial charge in [0, 0.05) is 11.6 Å². The minimum absolute atomic E-state index is 0.0925. The average Bonchev–Trinajstić information content (AvgIpc) is 2.74. The molecule has 0 saturated carbocycles. The minimum atomic E-state index is -3.91. The van der Waals surface area contributed by atoms with Crippen molar-refractivity contribution in [2.24, 2.45) is 5.92 Å². The quantitative estimate of drug-likeness (QED) is 0.670. The summed E-state index contributed by atoms with van der Waals surface area (Å²) in [6.45, 7) is 2.44. The molecule has 1 aliphatic heterocycles. The Bertz CT molecular complexity index is 928. The van der Waals surface area contributed by atoms with Crippen LogP contribution in [0.2, 0.25) is 5.02 Å². The van der Waals surface area contributed by atoms with Crippen molar-refractivity contribution in [2.75, 3.05) is 37.5 Å². The third-order valence-electron chi connectivity index (χ3n) is 5.45. The molecule has 0 aliphatic carbocycles. The highest BCUT2D eigenvalue weighted by Crippen LogP contribution is 2.24. The van der Waals surface area contributed by atoms with E-state index in [1.807, 2.05) is 0 Å². The van der Waals surface area contributed by atoms with Gasteiger partial charge in [-0.2, -0.15) is 0 Å². The van der Waals surface area contributed by atoms with Gasteiger partial charge >= 0.3 is 0 Å². The van der Waals surface area contributed by atoms with E-state index in [4.69, 9.17) is 11.6 Å². The fraction of sp³-hybridized carbons (Fsp3) is 0.409. The molecular formula is C22H28ClN3O3S. The third-order valence-corrected chi connectivity index (χ3v) is 7.49. The van der Waals surface area contributed by atoms with Crippen LogP contribution in [0.25, 0.3) is 0 Å². The highest BCUT2D eigenvalue weighted by Gasteiger charge is 2.27. The van der Waals surface area contributed by atoms with E-state index in [0.29, 0.717) is 23.2 Å². The summed E-state index contributed by atoms with van der Waals surface area (Å²) >= 11 is 5.90. The Labute approximate surface area is 183 Å². The average molecular weight is 450 g/mol. The van der Waals surface area contributed by atoms with E-state index in [0.717, 1.165) is 36.7 Å². The summed E-state index contributed by atoms with van der Waals surface area (Å²) in [7, 11) is -1.79. The molecule has 2 aromatic carbocycles. The number of nitrogens with zero attached hydrogens (tertiary/aromatic N) is 2. The van der Waals surface area contributed by atoms with Crippen LogP contribution in [0.1, 0.15) is 19.3 Å². The summed E-state index contributed by atoms with van der Waals surface area (Å²) in [6.07, 6.45) is 3.18. The summed E-state index contributed by atoms with van der Waals surface area (Å²) in [5.74, 6) is 0.286. The molecule has 1 N–H and O–H groups in total. The Morgan fingerprint density at radius 3 is 2.37 bits per heavy atom. The van der Waals surface area contributed by atoms with E-state index in [9.17, 15) is 13.2 Å². The van der Waals surface area contributed by atoms with Crippen LogP contribution in [0.15, 0.2) is 59.5 Å². The first-order chi connectivity index (χ1) is 14.4. The number of carbonyl (C=O) groups is 1. The summed E-state index contributed by atoms with van der Waals surface area (Å²) < 4.78 is 27.6. The molecule has 1 fully saturated rings. The second kappa shape index (κ2) is 10.3. The number of para-hydroxylation sites is 1. The zero-order valence-electron chi connectivity index (χ0n) is 17.1. The smallest absolute Gasteiger partial charge is 0.264 e. The maximum absolute atomic E-state index is 13.2. The van der Waals surface area contributed by atoms with Crippen LogP contribution in [0, 0.1) is 5.92 Å². The molecule has 8 heteroatoms.